The Morgan fingerprint density at radius 3 is 2.57 bits per heavy atom. The van der Waals surface area contributed by atoms with Gasteiger partial charge in [-0.05, 0) is 46.1 Å². The molecule has 1 saturated heterocycles. The number of piperidine rings is 1. The molecule has 0 spiro atoms. The van der Waals surface area contributed by atoms with E-state index in [2.05, 4.69) is 24.0 Å². The second-order valence-corrected chi connectivity index (χ2v) is 6.02. The molecule has 114 valence electrons. The van der Waals surface area contributed by atoms with Gasteiger partial charge in [-0.25, -0.2) is 0 Å². The summed E-state index contributed by atoms with van der Waals surface area (Å²) in [5, 5.41) is 17.9. The van der Waals surface area contributed by atoms with Crippen LogP contribution in [0, 0.1) is 10.1 Å². The Labute approximate surface area is 129 Å². The van der Waals surface area contributed by atoms with Gasteiger partial charge in [-0.15, -0.1) is 0 Å². The molecule has 1 aliphatic rings. The van der Waals surface area contributed by atoms with Crippen LogP contribution in [0.2, 0.25) is 5.02 Å². The topological polar surface area (TPSA) is 58.7 Å². The summed E-state index contributed by atoms with van der Waals surface area (Å²) in [5.41, 5.74) is 1.43. The summed E-state index contributed by atoms with van der Waals surface area (Å²) in [5.74, 6) is 0. The first-order valence-electron chi connectivity index (χ1n) is 7.18. The first-order chi connectivity index (χ1) is 9.90. The van der Waals surface area contributed by atoms with E-state index in [9.17, 15) is 10.1 Å². The Balaban J connectivity index is 2.30. The highest BCUT2D eigenvalue weighted by molar-refractivity contribution is 6.32. The first-order valence-corrected chi connectivity index (χ1v) is 7.55. The average Bonchev–Trinajstić information content (AvgIpc) is 2.43. The van der Waals surface area contributed by atoms with Crippen molar-refractivity contribution in [2.75, 3.05) is 0 Å². The number of hydrogen-bond acceptors (Lipinski definition) is 4. The zero-order valence-electron chi connectivity index (χ0n) is 12.5. The molecule has 2 atom stereocenters. The molecule has 1 fully saturated rings. The molecule has 1 aliphatic heterocycles. The van der Waals surface area contributed by atoms with Crippen LogP contribution in [0.25, 0.3) is 0 Å². The Morgan fingerprint density at radius 2 is 2.00 bits per heavy atom. The lowest BCUT2D eigenvalue weighted by atomic mass is 10.00. The fourth-order valence-electron chi connectivity index (χ4n) is 2.71. The Hall–Kier alpha value is -1.62. The largest absolute Gasteiger partial charge is 0.291 e. The van der Waals surface area contributed by atoms with Crippen molar-refractivity contribution >= 4 is 23.0 Å². The third-order valence-corrected chi connectivity index (χ3v) is 4.29. The maximum atomic E-state index is 11.0. The molecular formula is C15H20ClN3O2. The molecule has 0 bridgehead atoms. The normalized spacial score (nSPS) is 23.2. The van der Waals surface area contributed by atoms with Gasteiger partial charge in [0.15, 0.2) is 0 Å². The van der Waals surface area contributed by atoms with Crippen LogP contribution >= 0.6 is 11.6 Å². The molecule has 21 heavy (non-hydrogen) atoms. The van der Waals surface area contributed by atoms with Crippen LogP contribution in [-0.2, 0) is 0 Å². The second kappa shape index (κ2) is 6.43. The van der Waals surface area contributed by atoms with Gasteiger partial charge in [-0.2, -0.15) is 5.10 Å². The SMILES string of the molecule is C/C(=N/N1[C@H](C)CCC[C@H]1C)c1ccc(Cl)c([N+](=O)[O-])c1. The molecule has 0 saturated carbocycles. The van der Waals surface area contributed by atoms with Gasteiger partial charge in [0.05, 0.1) is 10.6 Å². The maximum absolute atomic E-state index is 11.0. The van der Waals surface area contributed by atoms with Crippen molar-refractivity contribution in [2.45, 2.75) is 52.1 Å². The van der Waals surface area contributed by atoms with Crippen LogP contribution in [0.1, 0.15) is 45.6 Å². The third-order valence-electron chi connectivity index (χ3n) is 3.97. The van der Waals surface area contributed by atoms with E-state index < -0.39 is 4.92 Å². The van der Waals surface area contributed by atoms with E-state index in [1.165, 1.54) is 12.5 Å². The van der Waals surface area contributed by atoms with E-state index in [-0.39, 0.29) is 10.7 Å². The molecule has 0 amide bonds. The molecule has 0 aromatic heterocycles. The van der Waals surface area contributed by atoms with Gasteiger partial charge >= 0.3 is 0 Å². The number of benzene rings is 1. The molecule has 1 heterocycles. The highest BCUT2D eigenvalue weighted by Crippen LogP contribution is 2.27. The summed E-state index contributed by atoms with van der Waals surface area (Å²) < 4.78 is 0. The van der Waals surface area contributed by atoms with Crippen molar-refractivity contribution in [1.82, 2.24) is 5.01 Å². The number of nitro benzene ring substituents is 1. The molecular weight excluding hydrogens is 290 g/mol. The highest BCUT2D eigenvalue weighted by atomic mass is 35.5. The third kappa shape index (κ3) is 3.53. The number of rotatable bonds is 3. The Kier molecular flexibility index (Phi) is 4.83. The lowest BCUT2D eigenvalue weighted by molar-refractivity contribution is -0.384. The van der Waals surface area contributed by atoms with Gasteiger partial charge in [0.25, 0.3) is 5.69 Å². The fourth-order valence-corrected chi connectivity index (χ4v) is 2.90. The lowest BCUT2D eigenvalue weighted by Gasteiger charge is -2.37. The van der Waals surface area contributed by atoms with Crippen LogP contribution in [0.5, 0.6) is 0 Å². The molecule has 6 heteroatoms. The minimum absolute atomic E-state index is 0.0801. The van der Waals surface area contributed by atoms with Gasteiger partial charge in [0, 0.05) is 23.7 Å². The summed E-state index contributed by atoms with van der Waals surface area (Å²) in [6.45, 7) is 6.20. The molecule has 0 unspecified atom stereocenters. The van der Waals surface area contributed by atoms with Gasteiger partial charge < -0.3 is 0 Å². The molecule has 1 aromatic rings. The molecule has 1 aromatic carbocycles. The second-order valence-electron chi connectivity index (χ2n) is 5.62. The Morgan fingerprint density at radius 1 is 1.38 bits per heavy atom. The summed E-state index contributed by atoms with van der Waals surface area (Å²) in [4.78, 5) is 10.5. The van der Waals surface area contributed by atoms with E-state index in [0.717, 1.165) is 24.1 Å². The van der Waals surface area contributed by atoms with E-state index >= 15 is 0 Å². The van der Waals surface area contributed by atoms with Gasteiger partial charge in [0.1, 0.15) is 5.02 Å². The zero-order chi connectivity index (χ0) is 15.6. The molecule has 0 radical (unpaired) electrons. The van der Waals surface area contributed by atoms with E-state index in [1.807, 2.05) is 6.92 Å². The van der Waals surface area contributed by atoms with Crippen molar-refractivity contribution < 1.29 is 4.92 Å². The lowest BCUT2D eigenvalue weighted by Crippen LogP contribution is -2.40. The first kappa shape index (κ1) is 15.8. The van der Waals surface area contributed by atoms with E-state index in [0.29, 0.717) is 12.1 Å². The highest BCUT2D eigenvalue weighted by Gasteiger charge is 2.23. The minimum atomic E-state index is -0.467. The van der Waals surface area contributed by atoms with Gasteiger partial charge in [0.2, 0.25) is 0 Å². The average molecular weight is 310 g/mol. The monoisotopic (exact) mass is 309 g/mol. The van der Waals surface area contributed by atoms with Crippen molar-refractivity contribution in [1.29, 1.82) is 0 Å². The summed E-state index contributed by atoms with van der Waals surface area (Å²) in [6.07, 6.45) is 3.48. The molecule has 2 rings (SSSR count). The minimum Gasteiger partial charge on any atom is -0.291 e. The predicted molar refractivity (Wildman–Crippen MR) is 84.9 cm³/mol. The predicted octanol–water partition coefficient (Wildman–Crippen LogP) is 4.24. The zero-order valence-corrected chi connectivity index (χ0v) is 13.3. The van der Waals surface area contributed by atoms with Crippen LogP contribution in [-0.4, -0.2) is 27.7 Å². The van der Waals surface area contributed by atoms with Gasteiger partial charge in [-0.3, -0.25) is 15.1 Å². The van der Waals surface area contributed by atoms with Crippen LogP contribution < -0.4 is 0 Å². The van der Waals surface area contributed by atoms with Crippen molar-refractivity contribution in [3.63, 3.8) is 0 Å². The fraction of sp³-hybridized carbons (Fsp3) is 0.533. The molecule has 0 aliphatic carbocycles. The maximum Gasteiger partial charge on any atom is 0.288 e. The van der Waals surface area contributed by atoms with Crippen molar-refractivity contribution in [3.8, 4) is 0 Å². The van der Waals surface area contributed by atoms with Crippen molar-refractivity contribution in [2.24, 2.45) is 5.10 Å². The standard InChI is InChI=1S/C15H20ClN3O2/c1-10-5-4-6-11(2)18(10)17-12(3)13-7-8-14(16)15(9-13)19(20)21/h7-11H,4-6H2,1-3H3/b17-12-/t10-,11-/m1/s1. The summed E-state index contributed by atoms with van der Waals surface area (Å²) >= 11 is 5.84. The molecule has 0 N–H and O–H groups in total. The van der Waals surface area contributed by atoms with E-state index in [1.54, 1.807) is 12.1 Å². The molecule has 5 nitrogen and oxygen atoms in total. The van der Waals surface area contributed by atoms with Crippen molar-refractivity contribution in [3.05, 3.63) is 38.9 Å². The quantitative estimate of drug-likeness (QED) is 0.477. The van der Waals surface area contributed by atoms with Crippen LogP contribution in [0.4, 0.5) is 5.69 Å². The number of hydrogen-bond donors (Lipinski definition) is 0. The van der Waals surface area contributed by atoms with Gasteiger partial charge in [-0.1, -0.05) is 17.7 Å². The van der Waals surface area contributed by atoms with Crippen LogP contribution in [0.15, 0.2) is 23.3 Å². The number of nitro groups is 1. The summed E-state index contributed by atoms with van der Waals surface area (Å²) in [6, 6.07) is 5.60. The van der Waals surface area contributed by atoms with Crippen LogP contribution in [0.3, 0.4) is 0 Å². The number of hydrazone groups is 1. The summed E-state index contributed by atoms with van der Waals surface area (Å²) in [7, 11) is 0. The number of nitrogens with zero attached hydrogens (tertiary/aromatic N) is 3. The Bertz CT molecular complexity index is 564. The number of halogens is 1. The van der Waals surface area contributed by atoms with E-state index in [4.69, 9.17) is 11.6 Å². The smallest absolute Gasteiger partial charge is 0.288 e.